The van der Waals surface area contributed by atoms with Gasteiger partial charge in [0.15, 0.2) is 6.10 Å². The molecule has 2 aromatic rings. The topological polar surface area (TPSA) is 59.4 Å². The molecule has 1 aromatic carbocycles. The second kappa shape index (κ2) is 7.91. The van der Waals surface area contributed by atoms with Crippen molar-refractivity contribution >= 4 is 5.91 Å². The van der Waals surface area contributed by atoms with E-state index in [4.69, 9.17) is 4.74 Å². The third-order valence-corrected chi connectivity index (χ3v) is 4.87. The molecule has 6 heteroatoms. The van der Waals surface area contributed by atoms with Crippen LogP contribution in [0.1, 0.15) is 44.1 Å². The fourth-order valence-corrected chi connectivity index (χ4v) is 3.33. The van der Waals surface area contributed by atoms with E-state index in [-0.39, 0.29) is 11.9 Å². The van der Waals surface area contributed by atoms with Gasteiger partial charge in [0, 0.05) is 39.1 Å². The molecular formula is C20H28N4O2. The van der Waals surface area contributed by atoms with Gasteiger partial charge in [-0.15, -0.1) is 0 Å². The SMILES string of the molecule is CC(Oc1cccc(C(C)C)c1)C(=O)N1CCNCC1c1nccn1C. The molecule has 2 heterocycles. The van der Waals surface area contributed by atoms with Crippen molar-refractivity contribution in [2.45, 2.75) is 38.8 Å². The summed E-state index contributed by atoms with van der Waals surface area (Å²) >= 11 is 0. The van der Waals surface area contributed by atoms with Crippen LogP contribution in [-0.2, 0) is 11.8 Å². The molecule has 0 spiro atoms. The highest BCUT2D eigenvalue weighted by Gasteiger charge is 2.33. The molecule has 2 atom stereocenters. The third-order valence-electron chi connectivity index (χ3n) is 4.87. The number of hydrogen-bond acceptors (Lipinski definition) is 4. The number of carbonyl (C=O) groups excluding carboxylic acids is 1. The van der Waals surface area contributed by atoms with Crippen molar-refractivity contribution in [3.63, 3.8) is 0 Å². The van der Waals surface area contributed by atoms with E-state index in [1.165, 1.54) is 5.56 Å². The van der Waals surface area contributed by atoms with Crippen LogP contribution in [0.2, 0.25) is 0 Å². The van der Waals surface area contributed by atoms with Crippen LogP contribution in [0.25, 0.3) is 0 Å². The van der Waals surface area contributed by atoms with Gasteiger partial charge >= 0.3 is 0 Å². The van der Waals surface area contributed by atoms with Crippen LogP contribution in [0.5, 0.6) is 5.75 Å². The van der Waals surface area contributed by atoms with Gasteiger partial charge in [0.25, 0.3) is 5.91 Å². The molecule has 26 heavy (non-hydrogen) atoms. The molecule has 0 aliphatic carbocycles. The van der Waals surface area contributed by atoms with Crippen LogP contribution in [-0.4, -0.2) is 46.1 Å². The summed E-state index contributed by atoms with van der Waals surface area (Å²) < 4.78 is 7.95. The van der Waals surface area contributed by atoms with E-state index in [0.717, 1.165) is 18.1 Å². The summed E-state index contributed by atoms with van der Waals surface area (Å²) in [4.78, 5) is 19.4. The Balaban J connectivity index is 1.74. The highest BCUT2D eigenvalue weighted by atomic mass is 16.5. The molecule has 1 saturated heterocycles. The molecule has 1 aliphatic heterocycles. The molecule has 6 nitrogen and oxygen atoms in total. The second-order valence-electron chi connectivity index (χ2n) is 7.14. The van der Waals surface area contributed by atoms with Crippen molar-refractivity contribution in [3.05, 3.63) is 48.0 Å². The van der Waals surface area contributed by atoms with Crippen molar-refractivity contribution in [3.8, 4) is 5.75 Å². The van der Waals surface area contributed by atoms with E-state index in [9.17, 15) is 4.79 Å². The zero-order valence-electron chi connectivity index (χ0n) is 16.0. The quantitative estimate of drug-likeness (QED) is 0.894. The predicted molar refractivity (Wildman–Crippen MR) is 101 cm³/mol. The first kappa shape index (κ1) is 18.5. The van der Waals surface area contributed by atoms with Gasteiger partial charge < -0.3 is 19.5 Å². The van der Waals surface area contributed by atoms with E-state index in [2.05, 4.69) is 30.2 Å². The van der Waals surface area contributed by atoms with Gasteiger partial charge in [-0.2, -0.15) is 0 Å². The van der Waals surface area contributed by atoms with Crippen molar-refractivity contribution < 1.29 is 9.53 Å². The van der Waals surface area contributed by atoms with Gasteiger partial charge in [0.1, 0.15) is 17.6 Å². The van der Waals surface area contributed by atoms with E-state index in [1.807, 2.05) is 47.8 Å². The number of hydrogen-bond donors (Lipinski definition) is 1. The summed E-state index contributed by atoms with van der Waals surface area (Å²) in [5.41, 5.74) is 1.20. The minimum atomic E-state index is -0.543. The van der Waals surface area contributed by atoms with Gasteiger partial charge in [-0.05, 0) is 30.5 Å². The molecule has 0 bridgehead atoms. The number of nitrogens with one attached hydrogen (secondary N) is 1. The number of piperazine rings is 1. The molecule has 1 aliphatic rings. The lowest BCUT2D eigenvalue weighted by Crippen LogP contribution is -2.52. The molecule has 3 rings (SSSR count). The number of carbonyl (C=O) groups is 1. The van der Waals surface area contributed by atoms with Crippen LogP contribution in [0.15, 0.2) is 36.7 Å². The van der Waals surface area contributed by atoms with Gasteiger partial charge in [-0.25, -0.2) is 4.98 Å². The smallest absolute Gasteiger partial charge is 0.264 e. The first-order chi connectivity index (χ1) is 12.5. The number of rotatable bonds is 5. The van der Waals surface area contributed by atoms with Crippen LogP contribution >= 0.6 is 0 Å². The standard InChI is InChI=1S/C20H28N4O2/c1-14(2)16-6-5-7-17(12-16)26-15(3)20(25)24-11-8-21-13-18(24)19-22-9-10-23(19)4/h5-7,9-10,12,14-15,18,21H,8,11,13H2,1-4H3. The highest BCUT2D eigenvalue weighted by Crippen LogP contribution is 2.24. The average Bonchev–Trinajstić information content (AvgIpc) is 3.07. The normalized spacial score (nSPS) is 18.8. The number of imidazole rings is 1. The van der Waals surface area contributed by atoms with Crippen LogP contribution in [0, 0.1) is 0 Å². The molecule has 1 N–H and O–H groups in total. The fraction of sp³-hybridized carbons (Fsp3) is 0.500. The summed E-state index contributed by atoms with van der Waals surface area (Å²) in [5, 5.41) is 3.36. The van der Waals surface area contributed by atoms with E-state index in [1.54, 1.807) is 6.20 Å². The summed E-state index contributed by atoms with van der Waals surface area (Å²) in [6.45, 7) is 8.24. The number of aryl methyl sites for hydroxylation is 1. The number of nitrogens with zero attached hydrogens (tertiary/aromatic N) is 3. The highest BCUT2D eigenvalue weighted by molar-refractivity contribution is 5.81. The van der Waals surface area contributed by atoms with E-state index < -0.39 is 6.10 Å². The molecule has 0 saturated carbocycles. The van der Waals surface area contributed by atoms with Crippen molar-refractivity contribution in [1.29, 1.82) is 0 Å². The number of ether oxygens (including phenoxy) is 1. The summed E-state index contributed by atoms with van der Waals surface area (Å²) in [5.74, 6) is 2.04. The van der Waals surface area contributed by atoms with E-state index in [0.29, 0.717) is 19.0 Å². The Morgan fingerprint density at radius 1 is 1.35 bits per heavy atom. The van der Waals surface area contributed by atoms with Crippen molar-refractivity contribution in [2.24, 2.45) is 7.05 Å². The molecule has 140 valence electrons. The summed E-state index contributed by atoms with van der Waals surface area (Å²) in [6, 6.07) is 7.90. The largest absolute Gasteiger partial charge is 0.481 e. The lowest BCUT2D eigenvalue weighted by Gasteiger charge is -2.37. The van der Waals surface area contributed by atoms with Gasteiger partial charge in [-0.3, -0.25) is 4.79 Å². The zero-order chi connectivity index (χ0) is 18.7. The van der Waals surface area contributed by atoms with Crippen LogP contribution in [0.4, 0.5) is 0 Å². The van der Waals surface area contributed by atoms with E-state index >= 15 is 0 Å². The first-order valence-electron chi connectivity index (χ1n) is 9.22. The monoisotopic (exact) mass is 356 g/mol. The minimum absolute atomic E-state index is 0.00514. The number of amides is 1. The Kier molecular flexibility index (Phi) is 5.61. The average molecular weight is 356 g/mol. The predicted octanol–water partition coefficient (Wildman–Crippen LogP) is 2.48. The lowest BCUT2D eigenvalue weighted by molar-refractivity contribution is -0.141. The fourth-order valence-electron chi connectivity index (χ4n) is 3.33. The van der Waals surface area contributed by atoms with Gasteiger partial charge in [-0.1, -0.05) is 26.0 Å². The molecule has 0 radical (unpaired) electrons. The molecule has 1 aromatic heterocycles. The zero-order valence-corrected chi connectivity index (χ0v) is 16.0. The summed E-state index contributed by atoms with van der Waals surface area (Å²) in [6.07, 6.45) is 3.13. The molecule has 1 amide bonds. The molecule has 1 fully saturated rings. The molecule has 2 unspecified atom stereocenters. The lowest BCUT2D eigenvalue weighted by atomic mass is 10.0. The third kappa shape index (κ3) is 3.90. The first-order valence-corrected chi connectivity index (χ1v) is 9.22. The maximum atomic E-state index is 13.1. The Hall–Kier alpha value is -2.34. The van der Waals surface area contributed by atoms with Crippen LogP contribution in [0.3, 0.4) is 0 Å². The summed E-state index contributed by atoms with van der Waals surface area (Å²) in [7, 11) is 1.96. The Morgan fingerprint density at radius 3 is 2.85 bits per heavy atom. The second-order valence-corrected chi connectivity index (χ2v) is 7.14. The maximum absolute atomic E-state index is 13.1. The van der Waals surface area contributed by atoms with Crippen LogP contribution < -0.4 is 10.1 Å². The minimum Gasteiger partial charge on any atom is -0.481 e. The van der Waals surface area contributed by atoms with Crippen molar-refractivity contribution in [2.75, 3.05) is 19.6 Å². The Morgan fingerprint density at radius 2 is 2.15 bits per heavy atom. The Labute approximate surface area is 155 Å². The number of aromatic nitrogens is 2. The maximum Gasteiger partial charge on any atom is 0.264 e. The number of benzene rings is 1. The Bertz CT molecular complexity index is 756. The van der Waals surface area contributed by atoms with Gasteiger partial charge in [0.2, 0.25) is 0 Å². The van der Waals surface area contributed by atoms with Gasteiger partial charge in [0.05, 0.1) is 0 Å². The molecular weight excluding hydrogens is 328 g/mol. The van der Waals surface area contributed by atoms with Crippen molar-refractivity contribution in [1.82, 2.24) is 19.8 Å².